The molecule has 3 aromatic rings. The van der Waals surface area contributed by atoms with Crippen molar-refractivity contribution < 1.29 is 9.47 Å². The molecule has 4 heteroatoms. The monoisotopic (exact) mass is 280 g/mol. The van der Waals surface area contributed by atoms with Crippen LogP contribution in [0.2, 0.25) is 0 Å². The number of ether oxygens (including phenoxy) is 2. The zero-order valence-corrected chi connectivity index (χ0v) is 11.5. The summed E-state index contributed by atoms with van der Waals surface area (Å²) < 4.78 is 11.4. The highest BCUT2D eigenvalue weighted by Gasteiger charge is 2.05. The molecular formula is C17H16N2O2. The zero-order valence-electron chi connectivity index (χ0n) is 11.5. The van der Waals surface area contributed by atoms with Gasteiger partial charge in [-0.05, 0) is 30.3 Å². The number of aromatic nitrogens is 1. The van der Waals surface area contributed by atoms with Gasteiger partial charge in [-0.15, -0.1) is 0 Å². The molecule has 0 bridgehead atoms. The normalized spacial score (nSPS) is 10.5. The zero-order chi connectivity index (χ0) is 14.5. The molecular weight excluding hydrogens is 264 g/mol. The maximum absolute atomic E-state index is 5.95. The Hall–Kier alpha value is -2.75. The van der Waals surface area contributed by atoms with Gasteiger partial charge in [0.05, 0.1) is 0 Å². The van der Waals surface area contributed by atoms with E-state index < -0.39 is 0 Å². The maximum atomic E-state index is 5.95. The standard InChI is InChI=1S/C17H16N2O2/c18-16-6-7-17(15-12-19-9-8-14(15)16)21-11-10-20-13-4-2-1-3-5-13/h1-9,12H,10-11,18H2. The summed E-state index contributed by atoms with van der Waals surface area (Å²) in [5.41, 5.74) is 6.67. The Labute approximate surface area is 123 Å². The van der Waals surface area contributed by atoms with Gasteiger partial charge >= 0.3 is 0 Å². The molecule has 0 radical (unpaired) electrons. The van der Waals surface area contributed by atoms with Crippen LogP contribution in [0.3, 0.4) is 0 Å². The van der Waals surface area contributed by atoms with Crippen molar-refractivity contribution in [3.8, 4) is 11.5 Å². The average molecular weight is 280 g/mol. The van der Waals surface area contributed by atoms with Gasteiger partial charge in [0.15, 0.2) is 0 Å². The lowest BCUT2D eigenvalue weighted by molar-refractivity contribution is 0.219. The minimum atomic E-state index is 0.461. The molecule has 0 amide bonds. The number of pyridine rings is 1. The topological polar surface area (TPSA) is 57.4 Å². The summed E-state index contributed by atoms with van der Waals surface area (Å²) in [5, 5.41) is 1.86. The summed E-state index contributed by atoms with van der Waals surface area (Å²) in [5.74, 6) is 1.61. The first-order chi connectivity index (χ1) is 10.3. The van der Waals surface area contributed by atoms with Gasteiger partial charge in [0.25, 0.3) is 0 Å². The number of hydrogen-bond donors (Lipinski definition) is 1. The van der Waals surface area contributed by atoms with Crippen LogP contribution in [0.4, 0.5) is 5.69 Å². The van der Waals surface area contributed by atoms with E-state index in [0.29, 0.717) is 13.2 Å². The lowest BCUT2D eigenvalue weighted by Crippen LogP contribution is -2.09. The molecule has 2 N–H and O–H groups in total. The number of nitrogens with zero attached hydrogens (tertiary/aromatic N) is 1. The van der Waals surface area contributed by atoms with Crippen molar-refractivity contribution in [3.63, 3.8) is 0 Å². The summed E-state index contributed by atoms with van der Waals surface area (Å²) in [6, 6.07) is 15.3. The van der Waals surface area contributed by atoms with Gasteiger partial charge in [0.1, 0.15) is 24.7 Å². The molecule has 0 saturated heterocycles. The summed E-state index contributed by atoms with van der Waals surface area (Å²) in [7, 11) is 0. The number of rotatable bonds is 5. The fraction of sp³-hybridized carbons (Fsp3) is 0.118. The fourth-order valence-corrected chi connectivity index (χ4v) is 2.14. The van der Waals surface area contributed by atoms with E-state index in [1.807, 2.05) is 48.5 Å². The fourth-order valence-electron chi connectivity index (χ4n) is 2.14. The van der Waals surface area contributed by atoms with Crippen molar-refractivity contribution in [2.75, 3.05) is 18.9 Å². The number of benzene rings is 2. The third kappa shape index (κ3) is 3.05. The Kier molecular flexibility index (Phi) is 3.87. The van der Waals surface area contributed by atoms with Gasteiger partial charge in [-0.2, -0.15) is 0 Å². The van der Waals surface area contributed by atoms with Gasteiger partial charge in [-0.1, -0.05) is 18.2 Å². The first-order valence-corrected chi connectivity index (χ1v) is 6.77. The number of fused-ring (bicyclic) bond motifs is 1. The molecule has 1 aromatic heterocycles. The molecule has 0 saturated carbocycles. The van der Waals surface area contributed by atoms with E-state index >= 15 is 0 Å². The first kappa shape index (κ1) is 13.2. The van der Waals surface area contributed by atoms with E-state index in [2.05, 4.69) is 4.98 Å². The van der Waals surface area contributed by atoms with Crippen LogP contribution in [-0.4, -0.2) is 18.2 Å². The van der Waals surface area contributed by atoms with Gasteiger partial charge in [-0.3, -0.25) is 4.98 Å². The largest absolute Gasteiger partial charge is 0.490 e. The summed E-state index contributed by atoms with van der Waals surface area (Å²) in [4.78, 5) is 4.12. The second kappa shape index (κ2) is 6.13. The van der Waals surface area contributed by atoms with Crippen molar-refractivity contribution in [3.05, 3.63) is 60.9 Å². The van der Waals surface area contributed by atoms with E-state index in [9.17, 15) is 0 Å². The highest BCUT2D eigenvalue weighted by Crippen LogP contribution is 2.29. The Morgan fingerprint density at radius 1 is 0.857 bits per heavy atom. The second-order valence-corrected chi connectivity index (χ2v) is 4.58. The minimum Gasteiger partial charge on any atom is -0.490 e. The molecule has 0 spiro atoms. The number of nitrogens with two attached hydrogens (primary N) is 1. The third-order valence-electron chi connectivity index (χ3n) is 3.16. The Morgan fingerprint density at radius 3 is 2.52 bits per heavy atom. The number of nitrogen functional groups attached to an aromatic ring is 1. The van der Waals surface area contributed by atoms with E-state index in [1.165, 1.54) is 0 Å². The van der Waals surface area contributed by atoms with Crippen LogP contribution in [-0.2, 0) is 0 Å². The molecule has 0 aliphatic heterocycles. The minimum absolute atomic E-state index is 0.461. The van der Waals surface area contributed by atoms with Crippen LogP contribution < -0.4 is 15.2 Å². The van der Waals surface area contributed by atoms with Crippen LogP contribution in [0, 0.1) is 0 Å². The summed E-state index contributed by atoms with van der Waals surface area (Å²) in [6.07, 6.45) is 3.49. The highest BCUT2D eigenvalue weighted by molar-refractivity contribution is 5.96. The van der Waals surface area contributed by atoms with E-state index in [-0.39, 0.29) is 0 Å². The molecule has 1 heterocycles. The van der Waals surface area contributed by atoms with Crippen molar-refractivity contribution in [1.29, 1.82) is 0 Å². The van der Waals surface area contributed by atoms with Crippen molar-refractivity contribution in [2.24, 2.45) is 0 Å². The smallest absolute Gasteiger partial charge is 0.129 e. The van der Waals surface area contributed by atoms with E-state index in [1.54, 1.807) is 12.4 Å². The van der Waals surface area contributed by atoms with Gasteiger partial charge in [-0.25, -0.2) is 0 Å². The SMILES string of the molecule is Nc1ccc(OCCOc2ccccc2)c2cnccc12. The molecule has 3 rings (SSSR count). The molecule has 2 aromatic carbocycles. The molecule has 21 heavy (non-hydrogen) atoms. The van der Waals surface area contributed by atoms with Crippen molar-refractivity contribution in [2.45, 2.75) is 0 Å². The van der Waals surface area contributed by atoms with Crippen LogP contribution >= 0.6 is 0 Å². The van der Waals surface area contributed by atoms with Crippen molar-refractivity contribution >= 4 is 16.5 Å². The van der Waals surface area contributed by atoms with Crippen LogP contribution in [0.5, 0.6) is 11.5 Å². The molecule has 0 unspecified atom stereocenters. The van der Waals surface area contributed by atoms with Crippen LogP contribution in [0.15, 0.2) is 60.9 Å². The molecule has 106 valence electrons. The van der Waals surface area contributed by atoms with Crippen LogP contribution in [0.25, 0.3) is 10.8 Å². The van der Waals surface area contributed by atoms with E-state index in [4.69, 9.17) is 15.2 Å². The third-order valence-corrected chi connectivity index (χ3v) is 3.16. The van der Waals surface area contributed by atoms with Gasteiger partial charge < -0.3 is 15.2 Å². The molecule has 0 aliphatic carbocycles. The Morgan fingerprint density at radius 2 is 1.67 bits per heavy atom. The predicted octanol–water partition coefficient (Wildman–Crippen LogP) is 3.27. The first-order valence-electron chi connectivity index (χ1n) is 6.77. The molecule has 0 fully saturated rings. The molecule has 0 atom stereocenters. The number of para-hydroxylation sites is 1. The summed E-state index contributed by atoms with van der Waals surface area (Å²) >= 11 is 0. The lowest BCUT2D eigenvalue weighted by Gasteiger charge is -2.11. The highest BCUT2D eigenvalue weighted by atomic mass is 16.5. The molecule has 0 aliphatic rings. The van der Waals surface area contributed by atoms with Gasteiger partial charge in [0, 0.05) is 28.9 Å². The quantitative estimate of drug-likeness (QED) is 0.575. The Bertz CT molecular complexity index is 729. The summed E-state index contributed by atoms with van der Waals surface area (Å²) in [6.45, 7) is 0.943. The number of anilines is 1. The van der Waals surface area contributed by atoms with Gasteiger partial charge in [0.2, 0.25) is 0 Å². The molecule has 4 nitrogen and oxygen atoms in total. The Balaban J connectivity index is 1.65. The number of hydrogen-bond acceptors (Lipinski definition) is 4. The second-order valence-electron chi connectivity index (χ2n) is 4.58. The lowest BCUT2D eigenvalue weighted by atomic mass is 10.1. The maximum Gasteiger partial charge on any atom is 0.129 e. The van der Waals surface area contributed by atoms with Crippen molar-refractivity contribution in [1.82, 2.24) is 4.98 Å². The predicted molar refractivity (Wildman–Crippen MR) is 83.6 cm³/mol. The average Bonchev–Trinajstić information content (AvgIpc) is 2.55. The van der Waals surface area contributed by atoms with Crippen LogP contribution in [0.1, 0.15) is 0 Å². The van der Waals surface area contributed by atoms with E-state index in [0.717, 1.165) is 28.0 Å².